The molecule has 0 aromatic carbocycles. The van der Waals surface area contributed by atoms with Crippen molar-refractivity contribution in [1.82, 2.24) is 34.7 Å². The monoisotopic (exact) mass is 320 g/mol. The largest absolute Gasteiger partial charge is 0.357 e. The molecule has 0 bridgehead atoms. The third kappa shape index (κ3) is 3.09. The van der Waals surface area contributed by atoms with Crippen LogP contribution < -0.4 is 5.32 Å². The summed E-state index contributed by atoms with van der Waals surface area (Å²) < 4.78 is 1.45. The van der Waals surface area contributed by atoms with Gasteiger partial charge in [0.2, 0.25) is 11.1 Å². The van der Waals surface area contributed by atoms with Crippen LogP contribution in [0.5, 0.6) is 0 Å². The Morgan fingerprint density at radius 2 is 2.19 bits per heavy atom. The number of hydrogen-bond donors (Lipinski definition) is 1. The Labute approximate surface area is 129 Å². The first-order valence-electron chi connectivity index (χ1n) is 5.83. The van der Waals surface area contributed by atoms with Gasteiger partial charge in [-0.05, 0) is 23.9 Å². The average Bonchev–Trinajstić information content (AvgIpc) is 3.04. The molecule has 0 fully saturated rings. The van der Waals surface area contributed by atoms with E-state index >= 15 is 0 Å². The number of rotatable bonds is 4. The number of anilines is 1. The second-order valence-corrected chi connectivity index (χ2v) is 5.09. The lowest BCUT2D eigenvalue weighted by Gasteiger charge is -2.06. The Bertz CT molecular complexity index is 748. The quantitative estimate of drug-likeness (QED) is 0.776. The van der Waals surface area contributed by atoms with Crippen molar-refractivity contribution in [3.8, 4) is 5.95 Å². The number of aromatic nitrogens is 7. The summed E-state index contributed by atoms with van der Waals surface area (Å²) in [5.41, 5.74) is 0. The molecule has 3 aromatic rings. The van der Waals surface area contributed by atoms with E-state index in [4.69, 9.17) is 11.6 Å². The molecule has 8 nitrogen and oxygen atoms in total. The molecule has 0 aliphatic heterocycles. The Morgan fingerprint density at radius 1 is 1.29 bits per heavy atom. The summed E-state index contributed by atoms with van der Waals surface area (Å²) in [4.78, 5) is 20.9. The van der Waals surface area contributed by atoms with Gasteiger partial charge in [-0.25, -0.2) is 9.97 Å². The van der Waals surface area contributed by atoms with Crippen molar-refractivity contribution >= 4 is 29.3 Å². The first-order chi connectivity index (χ1) is 10.3. The van der Waals surface area contributed by atoms with E-state index in [1.165, 1.54) is 29.1 Å². The van der Waals surface area contributed by atoms with Gasteiger partial charge >= 0.3 is 0 Å². The highest BCUT2D eigenvalue weighted by Gasteiger charge is 2.11. The molecule has 0 saturated carbocycles. The topological polar surface area (TPSA) is 94.3 Å². The number of nitrogens with zero attached hydrogens (tertiary/aromatic N) is 7. The fraction of sp³-hybridized carbons (Fsp3) is 0.0909. The zero-order chi connectivity index (χ0) is 14.7. The van der Waals surface area contributed by atoms with E-state index in [9.17, 15) is 0 Å². The Balaban J connectivity index is 1.99. The molecule has 3 rings (SSSR count). The van der Waals surface area contributed by atoms with Gasteiger partial charge in [0.05, 0.1) is 5.02 Å². The molecule has 21 heavy (non-hydrogen) atoms. The van der Waals surface area contributed by atoms with Gasteiger partial charge in [-0.3, -0.25) is 0 Å². The van der Waals surface area contributed by atoms with Crippen LogP contribution >= 0.6 is 23.4 Å². The fourth-order valence-corrected chi connectivity index (χ4v) is 2.40. The van der Waals surface area contributed by atoms with Gasteiger partial charge < -0.3 is 5.32 Å². The van der Waals surface area contributed by atoms with Crippen LogP contribution in [0.25, 0.3) is 5.95 Å². The van der Waals surface area contributed by atoms with Crippen molar-refractivity contribution in [3.63, 3.8) is 0 Å². The summed E-state index contributed by atoms with van der Waals surface area (Å²) in [6, 6.07) is 3.52. The summed E-state index contributed by atoms with van der Waals surface area (Å²) in [7, 11) is 1.72. The zero-order valence-electron chi connectivity index (χ0n) is 10.8. The van der Waals surface area contributed by atoms with Crippen molar-refractivity contribution in [2.45, 2.75) is 10.2 Å². The summed E-state index contributed by atoms with van der Waals surface area (Å²) in [5.74, 6) is 0.784. The molecule has 1 N–H and O–H groups in total. The van der Waals surface area contributed by atoms with Gasteiger partial charge in [0.1, 0.15) is 17.7 Å². The van der Waals surface area contributed by atoms with E-state index in [1.807, 2.05) is 0 Å². The number of hydrogen-bond acceptors (Lipinski definition) is 8. The number of pyridine rings is 1. The molecule has 106 valence electrons. The maximum atomic E-state index is 6.09. The summed E-state index contributed by atoms with van der Waals surface area (Å²) in [6.45, 7) is 0. The van der Waals surface area contributed by atoms with Crippen molar-refractivity contribution in [2.24, 2.45) is 0 Å². The molecular weight excluding hydrogens is 312 g/mol. The van der Waals surface area contributed by atoms with Gasteiger partial charge in [-0.2, -0.15) is 24.7 Å². The highest BCUT2D eigenvalue weighted by Crippen LogP contribution is 2.29. The molecule has 0 aliphatic carbocycles. The minimum Gasteiger partial charge on any atom is -0.357 e. The van der Waals surface area contributed by atoms with Crippen molar-refractivity contribution in [1.29, 1.82) is 0 Å². The molecule has 0 amide bonds. The van der Waals surface area contributed by atoms with Crippen LogP contribution in [0.3, 0.4) is 0 Å². The lowest BCUT2D eigenvalue weighted by Crippen LogP contribution is -2.07. The first kappa shape index (κ1) is 13.7. The van der Waals surface area contributed by atoms with Gasteiger partial charge in [-0.1, -0.05) is 11.6 Å². The molecule has 0 atom stereocenters. The van der Waals surface area contributed by atoms with E-state index in [0.29, 0.717) is 27.1 Å². The minimum atomic E-state index is 0.362. The molecule has 3 heterocycles. The molecule has 3 aromatic heterocycles. The maximum absolute atomic E-state index is 6.09. The highest BCUT2D eigenvalue weighted by atomic mass is 35.5. The summed E-state index contributed by atoms with van der Waals surface area (Å²) >= 11 is 7.34. The number of nitrogens with one attached hydrogen (secondary N) is 1. The second-order valence-electron chi connectivity index (χ2n) is 3.72. The fourth-order valence-electron chi connectivity index (χ4n) is 1.45. The van der Waals surface area contributed by atoms with Crippen molar-refractivity contribution in [2.75, 3.05) is 12.4 Å². The third-order valence-electron chi connectivity index (χ3n) is 2.36. The smallest absolute Gasteiger partial charge is 0.257 e. The lowest BCUT2D eigenvalue weighted by atomic mass is 10.5. The Hall–Kier alpha value is -2.26. The SMILES string of the molecule is CNc1nc(Sc2ncccc2Cl)nc(-n2cncn2)n1. The van der Waals surface area contributed by atoms with Crippen LogP contribution in [0.4, 0.5) is 5.95 Å². The van der Waals surface area contributed by atoms with Crippen LogP contribution in [0.15, 0.2) is 41.2 Å². The molecule has 10 heteroatoms. The standard InChI is InChI=1S/C11H9ClN8S/c1-13-9-17-10(20-6-14-5-16-20)19-11(18-9)21-8-7(12)3-2-4-15-8/h2-6H,1H3,(H,13,17,18,19). The Morgan fingerprint density at radius 3 is 2.90 bits per heavy atom. The predicted molar refractivity (Wildman–Crippen MR) is 77.7 cm³/mol. The van der Waals surface area contributed by atoms with Crippen LogP contribution in [-0.4, -0.2) is 41.7 Å². The minimum absolute atomic E-state index is 0.362. The molecule has 0 aliphatic rings. The van der Waals surface area contributed by atoms with Crippen molar-refractivity contribution in [3.05, 3.63) is 36.0 Å². The normalized spacial score (nSPS) is 10.6. The summed E-state index contributed by atoms with van der Waals surface area (Å²) in [5, 5.41) is 8.50. The first-order valence-corrected chi connectivity index (χ1v) is 7.03. The molecule has 0 unspecified atom stereocenters. The van der Waals surface area contributed by atoms with Gasteiger partial charge in [0, 0.05) is 13.2 Å². The predicted octanol–water partition coefficient (Wildman–Crippen LogP) is 1.69. The second kappa shape index (κ2) is 6.02. The van der Waals surface area contributed by atoms with Crippen LogP contribution in [0.1, 0.15) is 0 Å². The molecule has 0 spiro atoms. The van der Waals surface area contributed by atoms with Gasteiger partial charge in [0.25, 0.3) is 5.95 Å². The number of halogens is 1. The van der Waals surface area contributed by atoms with E-state index in [0.717, 1.165) is 0 Å². The van der Waals surface area contributed by atoms with Crippen LogP contribution in [-0.2, 0) is 0 Å². The maximum Gasteiger partial charge on any atom is 0.257 e. The Kier molecular flexibility index (Phi) is 3.93. The van der Waals surface area contributed by atoms with E-state index in [2.05, 4.69) is 35.3 Å². The van der Waals surface area contributed by atoms with E-state index < -0.39 is 0 Å². The zero-order valence-corrected chi connectivity index (χ0v) is 12.4. The third-order valence-corrected chi connectivity index (χ3v) is 3.66. The van der Waals surface area contributed by atoms with Crippen LogP contribution in [0, 0.1) is 0 Å². The molecule has 0 saturated heterocycles. The van der Waals surface area contributed by atoms with E-state index in [1.54, 1.807) is 25.4 Å². The summed E-state index contributed by atoms with van der Waals surface area (Å²) in [6.07, 6.45) is 4.58. The molecular formula is C11H9ClN8S. The van der Waals surface area contributed by atoms with Gasteiger partial charge in [0.15, 0.2) is 0 Å². The lowest BCUT2D eigenvalue weighted by molar-refractivity contribution is 0.760. The highest BCUT2D eigenvalue weighted by molar-refractivity contribution is 7.99. The van der Waals surface area contributed by atoms with Gasteiger partial charge in [-0.15, -0.1) is 0 Å². The van der Waals surface area contributed by atoms with Crippen LogP contribution in [0.2, 0.25) is 5.02 Å². The van der Waals surface area contributed by atoms with Crippen molar-refractivity contribution < 1.29 is 0 Å². The van der Waals surface area contributed by atoms with E-state index in [-0.39, 0.29) is 0 Å². The molecule has 0 radical (unpaired) electrons. The average molecular weight is 321 g/mol.